The fraction of sp³-hybridized carbons (Fsp3) is 0.118. The van der Waals surface area contributed by atoms with Gasteiger partial charge in [0.25, 0.3) is 5.91 Å². The lowest BCUT2D eigenvalue weighted by molar-refractivity contribution is 0.0931. The molecular formula is C17H16N4O2S. The van der Waals surface area contributed by atoms with E-state index < -0.39 is 6.03 Å². The Hall–Kier alpha value is -2.93. The lowest BCUT2D eigenvalue weighted by Gasteiger charge is -2.16. The van der Waals surface area contributed by atoms with Crippen molar-refractivity contribution in [1.82, 2.24) is 20.7 Å². The molecule has 7 heteroatoms. The number of fused-ring (bicyclic) bond motifs is 1. The van der Waals surface area contributed by atoms with Gasteiger partial charge in [0.15, 0.2) is 0 Å². The van der Waals surface area contributed by atoms with Gasteiger partial charge in [-0.3, -0.25) is 10.2 Å². The van der Waals surface area contributed by atoms with Crippen LogP contribution in [0.15, 0.2) is 54.6 Å². The number of para-hydroxylation sites is 1. The van der Waals surface area contributed by atoms with Crippen molar-refractivity contribution in [3.8, 4) is 0 Å². The first-order valence-electron chi connectivity index (χ1n) is 7.34. The summed E-state index contributed by atoms with van der Waals surface area (Å²) in [4.78, 5) is 29.9. The van der Waals surface area contributed by atoms with E-state index in [-0.39, 0.29) is 5.91 Å². The average molecular weight is 340 g/mol. The zero-order valence-corrected chi connectivity index (χ0v) is 13.8. The van der Waals surface area contributed by atoms with Crippen molar-refractivity contribution in [3.05, 3.63) is 65.2 Å². The van der Waals surface area contributed by atoms with Gasteiger partial charge in [-0.25, -0.2) is 15.2 Å². The number of hydrazine groups is 1. The molecule has 3 aromatic rings. The van der Waals surface area contributed by atoms with Crippen LogP contribution in [0.5, 0.6) is 0 Å². The summed E-state index contributed by atoms with van der Waals surface area (Å²) in [5.41, 5.74) is 6.19. The Morgan fingerprint density at radius 3 is 2.50 bits per heavy atom. The molecule has 0 bridgehead atoms. The van der Waals surface area contributed by atoms with Crippen LogP contribution >= 0.6 is 11.3 Å². The van der Waals surface area contributed by atoms with Crippen molar-refractivity contribution in [1.29, 1.82) is 0 Å². The highest BCUT2D eigenvalue weighted by molar-refractivity contribution is 7.18. The normalized spacial score (nSPS) is 10.4. The minimum absolute atomic E-state index is 0.364. The van der Waals surface area contributed by atoms with Crippen LogP contribution in [-0.4, -0.2) is 28.9 Å². The quantitative estimate of drug-likeness (QED) is 0.720. The van der Waals surface area contributed by atoms with Gasteiger partial charge in [-0.1, -0.05) is 30.3 Å². The first-order chi connectivity index (χ1) is 11.6. The Bertz CT molecular complexity index is 830. The standard InChI is InChI=1S/C17H16N4O2S/c1-21(11-15-18-13-9-5-6-10-14(13)24-15)17(23)20-19-16(22)12-7-3-2-4-8-12/h2-10H,11H2,1H3,(H,19,22)(H,20,23). The van der Waals surface area contributed by atoms with Gasteiger partial charge in [0.1, 0.15) is 5.01 Å². The molecule has 122 valence electrons. The SMILES string of the molecule is CN(Cc1nc2ccccc2s1)C(=O)NNC(=O)c1ccccc1. The van der Waals surface area contributed by atoms with Crippen LogP contribution in [0.3, 0.4) is 0 Å². The molecule has 0 aliphatic carbocycles. The summed E-state index contributed by atoms with van der Waals surface area (Å²) in [5.74, 6) is -0.364. The summed E-state index contributed by atoms with van der Waals surface area (Å²) in [6.45, 7) is 0.367. The molecule has 0 atom stereocenters. The molecule has 0 unspecified atom stereocenters. The topological polar surface area (TPSA) is 74.3 Å². The maximum atomic E-state index is 12.1. The van der Waals surface area contributed by atoms with Crippen LogP contribution in [-0.2, 0) is 6.54 Å². The molecule has 0 saturated heterocycles. The first-order valence-corrected chi connectivity index (χ1v) is 8.16. The first kappa shape index (κ1) is 15.9. The number of rotatable bonds is 3. The third-order valence-corrected chi connectivity index (χ3v) is 4.40. The van der Waals surface area contributed by atoms with Crippen molar-refractivity contribution < 1.29 is 9.59 Å². The number of carbonyl (C=O) groups is 2. The molecule has 0 saturated carbocycles. The highest BCUT2D eigenvalue weighted by atomic mass is 32.1. The highest BCUT2D eigenvalue weighted by Crippen LogP contribution is 2.22. The van der Waals surface area contributed by atoms with E-state index >= 15 is 0 Å². The van der Waals surface area contributed by atoms with E-state index in [2.05, 4.69) is 15.8 Å². The molecule has 0 fully saturated rings. The fourth-order valence-electron chi connectivity index (χ4n) is 2.13. The van der Waals surface area contributed by atoms with Gasteiger partial charge in [0.2, 0.25) is 0 Å². The summed E-state index contributed by atoms with van der Waals surface area (Å²) in [6.07, 6.45) is 0. The van der Waals surface area contributed by atoms with E-state index in [1.165, 1.54) is 4.90 Å². The summed E-state index contributed by atoms with van der Waals surface area (Å²) in [6, 6.07) is 16.1. The van der Waals surface area contributed by atoms with Gasteiger partial charge in [-0.15, -0.1) is 11.3 Å². The molecule has 0 aliphatic heterocycles. The van der Waals surface area contributed by atoms with E-state index in [1.807, 2.05) is 30.3 Å². The van der Waals surface area contributed by atoms with Crippen molar-refractivity contribution in [2.75, 3.05) is 7.05 Å². The number of urea groups is 1. The monoisotopic (exact) mass is 340 g/mol. The summed E-state index contributed by atoms with van der Waals surface area (Å²) in [5, 5.41) is 0.836. The van der Waals surface area contributed by atoms with Crippen LogP contribution in [0.4, 0.5) is 4.79 Å². The fourth-order valence-corrected chi connectivity index (χ4v) is 3.15. The molecule has 0 spiro atoms. The third-order valence-electron chi connectivity index (χ3n) is 3.38. The minimum atomic E-state index is -0.404. The van der Waals surface area contributed by atoms with Gasteiger partial charge in [0.05, 0.1) is 16.8 Å². The van der Waals surface area contributed by atoms with Crippen LogP contribution < -0.4 is 10.9 Å². The van der Waals surface area contributed by atoms with Crippen molar-refractivity contribution >= 4 is 33.5 Å². The Morgan fingerprint density at radius 2 is 1.75 bits per heavy atom. The molecule has 3 rings (SSSR count). The average Bonchev–Trinajstić information content (AvgIpc) is 3.02. The maximum Gasteiger partial charge on any atom is 0.336 e. The van der Waals surface area contributed by atoms with Crippen molar-refractivity contribution in [2.45, 2.75) is 6.54 Å². The molecule has 0 aliphatic rings. The van der Waals surface area contributed by atoms with Gasteiger partial charge in [-0.2, -0.15) is 0 Å². The molecule has 0 radical (unpaired) electrons. The second-order valence-corrected chi connectivity index (χ2v) is 6.30. The predicted octanol–water partition coefficient (Wildman–Crippen LogP) is 2.78. The highest BCUT2D eigenvalue weighted by Gasteiger charge is 2.13. The molecule has 2 N–H and O–H groups in total. The number of benzene rings is 2. The Morgan fingerprint density at radius 1 is 1.04 bits per heavy atom. The molecule has 1 aromatic heterocycles. The van der Waals surface area contributed by atoms with Gasteiger partial charge in [0, 0.05) is 12.6 Å². The maximum absolute atomic E-state index is 12.1. The number of nitrogens with one attached hydrogen (secondary N) is 2. The molecular weight excluding hydrogens is 324 g/mol. The van der Waals surface area contributed by atoms with E-state index in [4.69, 9.17) is 0 Å². The number of amides is 3. The number of hydrogen-bond donors (Lipinski definition) is 2. The van der Waals surface area contributed by atoms with Gasteiger partial charge in [-0.05, 0) is 24.3 Å². The van der Waals surface area contributed by atoms with E-state index in [1.54, 1.807) is 42.6 Å². The number of aromatic nitrogens is 1. The predicted molar refractivity (Wildman–Crippen MR) is 93.5 cm³/mol. The summed E-state index contributed by atoms with van der Waals surface area (Å²) >= 11 is 1.54. The van der Waals surface area contributed by atoms with E-state index in [0.717, 1.165) is 15.2 Å². The summed E-state index contributed by atoms with van der Waals surface area (Å²) < 4.78 is 1.08. The molecule has 3 amide bonds. The smallest absolute Gasteiger partial charge is 0.320 e. The Balaban J connectivity index is 1.55. The molecule has 24 heavy (non-hydrogen) atoms. The number of thiazole rings is 1. The minimum Gasteiger partial charge on any atom is -0.320 e. The number of hydrogen-bond acceptors (Lipinski definition) is 4. The van der Waals surface area contributed by atoms with Gasteiger partial charge < -0.3 is 4.90 Å². The largest absolute Gasteiger partial charge is 0.336 e. The van der Waals surface area contributed by atoms with E-state index in [9.17, 15) is 9.59 Å². The lowest BCUT2D eigenvalue weighted by atomic mass is 10.2. The van der Waals surface area contributed by atoms with E-state index in [0.29, 0.717) is 12.1 Å². The van der Waals surface area contributed by atoms with Crippen molar-refractivity contribution in [3.63, 3.8) is 0 Å². The number of carbonyl (C=O) groups excluding carboxylic acids is 2. The third kappa shape index (κ3) is 3.69. The lowest BCUT2D eigenvalue weighted by Crippen LogP contribution is -2.47. The zero-order chi connectivity index (χ0) is 16.9. The van der Waals surface area contributed by atoms with Crippen LogP contribution in [0.25, 0.3) is 10.2 Å². The second kappa shape index (κ2) is 7.10. The van der Waals surface area contributed by atoms with Crippen molar-refractivity contribution in [2.24, 2.45) is 0 Å². The number of nitrogens with zero attached hydrogens (tertiary/aromatic N) is 2. The van der Waals surface area contributed by atoms with Gasteiger partial charge >= 0.3 is 6.03 Å². The Labute approximate surface area is 143 Å². The molecule has 6 nitrogen and oxygen atoms in total. The Kier molecular flexibility index (Phi) is 4.72. The second-order valence-electron chi connectivity index (χ2n) is 5.18. The van der Waals surface area contributed by atoms with Crippen LogP contribution in [0.1, 0.15) is 15.4 Å². The summed E-state index contributed by atoms with van der Waals surface area (Å²) in [7, 11) is 1.65. The zero-order valence-electron chi connectivity index (χ0n) is 13.0. The van der Waals surface area contributed by atoms with Crippen LogP contribution in [0, 0.1) is 0 Å². The molecule has 1 heterocycles. The molecule has 2 aromatic carbocycles. The van der Waals surface area contributed by atoms with Crippen LogP contribution in [0.2, 0.25) is 0 Å².